The van der Waals surface area contributed by atoms with E-state index in [1.165, 1.54) is 0 Å². The summed E-state index contributed by atoms with van der Waals surface area (Å²) in [6, 6.07) is 0. The molecule has 0 aromatic carbocycles. The normalized spacial score (nSPS) is 27.2. The summed E-state index contributed by atoms with van der Waals surface area (Å²) in [5.74, 6) is 0.633. The van der Waals surface area contributed by atoms with Gasteiger partial charge >= 0.3 is 0 Å². The summed E-state index contributed by atoms with van der Waals surface area (Å²) in [6.45, 7) is 3.29. The van der Waals surface area contributed by atoms with Crippen LogP contribution in [0.1, 0.15) is 19.8 Å². The van der Waals surface area contributed by atoms with E-state index >= 15 is 0 Å². The highest BCUT2D eigenvalue weighted by molar-refractivity contribution is 5.79. The highest BCUT2D eigenvalue weighted by Gasteiger charge is 2.24. The fourth-order valence-electron chi connectivity index (χ4n) is 1.45. The van der Waals surface area contributed by atoms with E-state index in [9.17, 15) is 4.79 Å². The second kappa shape index (κ2) is 4.58. The molecule has 0 saturated carbocycles. The monoisotopic (exact) mass is 172 g/mol. The van der Waals surface area contributed by atoms with Crippen molar-refractivity contribution >= 4 is 5.78 Å². The third-order valence-corrected chi connectivity index (χ3v) is 2.21. The van der Waals surface area contributed by atoms with E-state index in [-0.39, 0.29) is 6.10 Å². The summed E-state index contributed by atoms with van der Waals surface area (Å²) in [5.41, 5.74) is 0. The van der Waals surface area contributed by atoms with Gasteiger partial charge in [0, 0.05) is 25.9 Å². The maximum absolute atomic E-state index is 11.1. The van der Waals surface area contributed by atoms with Crippen molar-refractivity contribution < 1.29 is 14.3 Å². The summed E-state index contributed by atoms with van der Waals surface area (Å²) in [4.78, 5) is 11.1. The molecule has 70 valence electrons. The van der Waals surface area contributed by atoms with Crippen LogP contribution in [-0.2, 0) is 14.3 Å². The van der Waals surface area contributed by atoms with Crippen LogP contribution in [0.5, 0.6) is 0 Å². The third-order valence-electron chi connectivity index (χ3n) is 2.21. The van der Waals surface area contributed by atoms with Crippen LogP contribution in [0.2, 0.25) is 0 Å². The molecule has 3 nitrogen and oxygen atoms in total. The van der Waals surface area contributed by atoms with Gasteiger partial charge in [0.1, 0.15) is 5.78 Å². The summed E-state index contributed by atoms with van der Waals surface area (Å²) >= 11 is 0. The summed E-state index contributed by atoms with van der Waals surface area (Å²) < 4.78 is 10.5. The average molecular weight is 172 g/mol. The van der Waals surface area contributed by atoms with Crippen LogP contribution < -0.4 is 0 Å². The molecule has 0 radical (unpaired) electrons. The molecule has 0 N–H and O–H groups in total. The molecule has 1 aliphatic heterocycles. The van der Waals surface area contributed by atoms with E-state index in [4.69, 9.17) is 9.47 Å². The largest absolute Gasteiger partial charge is 0.384 e. The quantitative estimate of drug-likeness (QED) is 0.637. The van der Waals surface area contributed by atoms with Crippen molar-refractivity contribution in [2.45, 2.75) is 25.9 Å². The van der Waals surface area contributed by atoms with Crippen molar-refractivity contribution in [2.24, 2.45) is 5.92 Å². The van der Waals surface area contributed by atoms with E-state index in [0.717, 1.165) is 0 Å². The first-order valence-electron chi connectivity index (χ1n) is 4.36. The predicted octanol–water partition coefficient (Wildman–Crippen LogP) is 1.02. The highest BCUT2D eigenvalue weighted by atomic mass is 16.5. The molecule has 0 bridgehead atoms. The number of ketones is 1. The first-order valence-corrected chi connectivity index (χ1v) is 4.36. The number of ether oxygens (including phenoxy) is 2. The van der Waals surface area contributed by atoms with Gasteiger partial charge < -0.3 is 9.47 Å². The highest BCUT2D eigenvalue weighted by Crippen LogP contribution is 2.17. The van der Waals surface area contributed by atoms with Crippen LogP contribution in [0.15, 0.2) is 0 Å². The topological polar surface area (TPSA) is 35.5 Å². The van der Waals surface area contributed by atoms with Crippen molar-refractivity contribution in [3.63, 3.8) is 0 Å². The summed E-state index contributed by atoms with van der Waals surface area (Å²) in [6.07, 6.45) is 1.21. The van der Waals surface area contributed by atoms with Crippen molar-refractivity contribution in [2.75, 3.05) is 20.3 Å². The first-order chi connectivity index (χ1) is 5.74. The SMILES string of the molecule is COCC(C)C1CC(=O)CCO1. The van der Waals surface area contributed by atoms with Crippen LogP contribution in [0.4, 0.5) is 0 Å². The van der Waals surface area contributed by atoms with Crippen LogP contribution in [0, 0.1) is 5.92 Å². The van der Waals surface area contributed by atoms with E-state index in [2.05, 4.69) is 0 Å². The Morgan fingerprint density at radius 3 is 3.08 bits per heavy atom. The van der Waals surface area contributed by atoms with Gasteiger partial charge in [0.25, 0.3) is 0 Å². The Labute approximate surface area is 73.0 Å². The number of hydrogen-bond donors (Lipinski definition) is 0. The molecule has 2 atom stereocenters. The van der Waals surface area contributed by atoms with Gasteiger partial charge in [0.15, 0.2) is 0 Å². The van der Waals surface area contributed by atoms with Crippen molar-refractivity contribution in [1.82, 2.24) is 0 Å². The lowest BCUT2D eigenvalue weighted by Crippen LogP contribution is -2.32. The minimum atomic E-state index is 0.0752. The number of rotatable bonds is 3. The fraction of sp³-hybridized carbons (Fsp3) is 0.889. The molecule has 2 unspecified atom stereocenters. The molecule has 1 rings (SSSR count). The van der Waals surface area contributed by atoms with Crippen LogP contribution >= 0.6 is 0 Å². The molecule has 0 aromatic rings. The molecule has 1 aliphatic rings. The van der Waals surface area contributed by atoms with Gasteiger partial charge in [-0.2, -0.15) is 0 Å². The zero-order valence-corrected chi connectivity index (χ0v) is 7.71. The van der Waals surface area contributed by atoms with Gasteiger partial charge in [-0.05, 0) is 0 Å². The number of hydrogen-bond acceptors (Lipinski definition) is 3. The van der Waals surface area contributed by atoms with Gasteiger partial charge in [0.05, 0.1) is 19.3 Å². The lowest BCUT2D eigenvalue weighted by atomic mass is 9.97. The van der Waals surface area contributed by atoms with Crippen molar-refractivity contribution in [3.8, 4) is 0 Å². The van der Waals surface area contributed by atoms with Crippen LogP contribution in [-0.4, -0.2) is 32.2 Å². The number of carbonyl (C=O) groups is 1. The molecule has 3 heteroatoms. The van der Waals surface area contributed by atoms with Crippen molar-refractivity contribution in [1.29, 1.82) is 0 Å². The Hall–Kier alpha value is -0.410. The van der Waals surface area contributed by atoms with E-state index in [0.29, 0.717) is 37.8 Å². The fourth-order valence-corrected chi connectivity index (χ4v) is 1.45. The molecular formula is C9H16O3. The number of Topliss-reactive ketones (excluding diaryl/α,β-unsaturated/α-hetero) is 1. The smallest absolute Gasteiger partial charge is 0.137 e. The van der Waals surface area contributed by atoms with Crippen molar-refractivity contribution in [3.05, 3.63) is 0 Å². The summed E-state index contributed by atoms with van der Waals surface area (Å²) in [5, 5.41) is 0. The first kappa shape index (κ1) is 9.68. The van der Waals surface area contributed by atoms with E-state index in [1.54, 1.807) is 7.11 Å². The third kappa shape index (κ3) is 2.57. The molecule has 1 heterocycles. The minimum Gasteiger partial charge on any atom is -0.384 e. The Bertz CT molecular complexity index is 156. The average Bonchev–Trinajstić information content (AvgIpc) is 2.05. The zero-order valence-electron chi connectivity index (χ0n) is 7.71. The van der Waals surface area contributed by atoms with Gasteiger partial charge in [-0.25, -0.2) is 0 Å². The Balaban J connectivity index is 2.34. The molecule has 0 aromatic heterocycles. The Kier molecular flexibility index (Phi) is 3.69. The molecule has 0 aliphatic carbocycles. The summed E-state index contributed by atoms with van der Waals surface area (Å²) in [7, 11) is 1.67. The molecule has 0 spiro atoms. The van der Waals surface area contributed by atoms with Crippen LogP contribution in [0.3, 0.4) is 0 Å². The molecule has 12 heavy (non-hydrogen) atoms. The lowest BCUT2D eigenvalue weighted by molar-refractivity contribution is -0.131. The van der Waals surface area contributed by atoms with Gasteiger partial charge in [0.2, 0.25) is 0 Å². The van der Waals surface area contributed by atoms with Crippen LogP contribution in [0.25, 0.3) is 0 Å². The maximum Gasteiger partial charge on any atom is 0.137 e. The van der Waals surface area contributed by atoms with Gasteiger partial charge in [-0.1, -0.05) is 6.92 Å². The van der Waals surface area contributed by atoms with E-state index in [1.807, 2.05) is 6.92 Å². The van der Waals surface area contributed by atoms with E-state index < -0.39 is 0 Å². The van der Waals surface area contributed by atoms with Gasteiger partial charge in [-0.15, -0.1) is 0 Å². The second-order valence-corrected chi connectivity index (χ2v) is 3.33. The number of methoxy groups -OCH3 is 1. The standard InChI is InChI=1S/C9H16O3/c1-7(6-11-2)9-5-8(10)3-4-12-9/h7,9H,3-6H2,1-2H3. The zero-order chi connectivity index (χ0) is 8.97. The minimum absolute atomic E-state index is 0.0752. The number of carbonyl (C=O) groups excluding carboxylic acids is 1. The maximum atomic E-state index is 11.1. The predicted molar refractivity (Wildman–Crippen MR) is 45.0 cm³/mol. The Morgan fingerprint density at radius 2 is 2.50 bits per heavy atom. The Morgan fingerprint density at radius 1 is 1.75 bits per heavy atom. The van der Waals surface area contributed by atoms with Gasteiger partial charge in [-0.3, -0.25) is 4.79 Å². The molecular weight excluding hydrogens is 156 g/mol. The molecule has 1 fully saturated rings. The molecule has 1 saturated heterocycles. The molecule has 0 amide bonds. The lowest BCUT2D eigenvalue weighted by Gasteiger charge is -2.26. The second-order valence-electron chi connectivity index (χ2n) is 3.33.